The molecule has 0 radical (unpaired) electrons. The molecule has 0 heterocycles. The van der Waals surface area contributed by atoms with Gasteiger partial charge in [-0.3, -0.25) is 14.9 Å². The van der Waals surface area contributed by atoms with Crippen LogP contribution in [-0.4, -0.2) is 28.9 Å². The second-order valence-electron chi connectivity index (χ2n) is 3.65. The minimum absolute atomic E-state index is 0.111. The number of nitro groups is 1. The zero-order valence-electron chi connectivity index (χ0n) is 9.97. The summed E-state index contributed by atoms with van der Waals surface area (Å²) in [6.07, 6.45) is 1.96. The Balaban J connectivity index is 2.86. The fourth-order valence-corrected chi connectivity index (χ4v) is 2.09. The van der Waals surface area contributed by atoms with Crippen LogP contribution in [0.15, 0.2) is 22.7 Å². The lowest BCUT2D eigenvalue weighted by Crippen LogP contribution is -2.29. The molecule has 1 rings (SSSR count). The van der Waals surface area contributed by atoms with E-state index >= 15 is 0 Å². The number of benzene rings is 1. The number of hydrogen-bond donors (Lipinski definition) is 1. The molecule has 1 aromatic rings. The quantitative estimate of drug-likeness (QED) is 0.664. The molecule has 0 aliphatic heterocycles. The van der Waals surface area contributed by atoms with Crippen molar-refractivity contribution in [1.82, 2.24) is 5.32 Å². The minimum atomic E-state index is -0.522. The van der Waals surface area contributed by atoms with Gasteiger partial charge in [-0.2, -0.15) is 11.8 Å². The lowest BCUT2D eigenvalue weighted by Gasteiger charge is -2.10. The number of nitro benzene ring substituents is 1. The third-order valence-electron chi connectivity index (χ3n) is 2.37. The van der Waals surface area contributed by atoms with E-state index in [1.165, 1.54) is 12.1 Å². The van der Waals surface area contributed by atoms with Crippen LogP contribution in [0.1, 0.15) is 17.3 Å². The van der Waals surface area contributed by atoms with Crippen LogP contribution in [0.2, 0.25) is 0 Å². The molecule has 0 fully saturated rings. The van der Waals surface area contributed by atoms with Crippen LogP contribution in [0.25, 0.3) is 0 Å². The Hall–Kier alpha value is -1.08. The highest BCUT2D eigenvalue weighted by molar-refractivity contribution is 9.10. The largest absolute Gasteiger partial charge is 0.351 e. The maximum absolute atomic E-state index is 11.9. The van der Waals surface area contributed by atoms with Crippen molar-refractivity contribution in [3.05, 3.63) is 38.3 Å². The summed E-state index contributed by atoms with van der Waals surface area (Å²) in [4.78, 5) is 22.1. The standard InChI is InChI=1S/C11H13BrN2O3S/c1-7(18-2)6-13-11(15)8-4-3-5-9(10(8)12)14(16)17/h3-5,7H,6H2,1-2H3,(H,13,15). The predicted molar refractivity (Wildman–Crippen MR) is 76.1 cm³/mol. The molecule has 0 spiro atoms. The average Bonchev–Trinajstić information content (AvgIpc) is 2.35. The van der Waals surface area contributed by atoms with E-state index in [0.717, 1.165) is 0 Å². The average molecular weight is 333 g/mol. The van der Waals surface area contributed by atoms with Crippen LogP contribution in [-0.2, 0) is 0 Å². The van der Waals surface area contributed by atoms with E-state index in [4.69, 9.17) is 0 Å². The molecule has 1 N–H and O–H groups in total. The Morgan fingerprint density at radius 1 is 1.61 bits per heavy atom. The van der Waals surface area contributed by atoms with Gasteiger partial charge in [-0.25, -0.2) is 0 Å². The highest BCUT2D eigenvalue weighted by Crippen LogP contribution is 2.28. The van der Waals surface area contributed by atoms with Gasteiger partial charge in [0, 0.05) is 17.9 Å². The third kappa shape index (κ3) is 3.71. The van der Waals surface area contributed by atoms with Gasteiger partial charge in [0.25, 0.3) is 11.6 Å². The van der Waals surface area contributed by atoms with Gasteiger partial charge < -0.3 is 5.32 Å². The maximum Gasteiger partial charge on any atom is 0.284 e. The number of nitrogens with zero attached hydrogens (tertiary/aromatic N) is 1. The lowest BCUT2D eigenvalue weighted by molar-refractivity contribution is -0.385. The highest BCUT2D eigenvalue weighted by atomic mass is 79.9. The second kappa shape index (κ2) is 6.75. The van der Waals surface area contributed by atoms with Crippen LogP contribution in [0.5, 0.6) is 0 Å². The van der Waals surface area contributed by atoms with Crippen LogP contribution in [0.3, 0.4) is 0 Å². The third-order valence-corrected chi connectivity index (χ3v) is 4.18. The van der Waals surface area contributed by atoms with Crippen molar-refractivity contribution in [2.75, 3.05) is 12.8 Å². The van der Waals surface area contributed by atoms with Crippen molar-refractivity contribution in [2.24, 2.45) is 0 Å². The first kappa shape index (κ1) is 15.0. The first-order valence-electron chi connectivity index (χ1n) is 5.21. The molecule has 1 amide bonds. The number of hydrogen-bond acceptors (Lipinski definition) is 4. The molecule has 5 nitrogen and oxygen atoms in total. The van der Waals surface area contributed by atoms with E-state index < -0.39 is 4.92 Å². The first-order valence-corrected chi connectivity index (χ1v) is 7.29. The lowest BCUT2D eigenvalue weighted by atomic mass is 10.2. The summed E-state index contributed by atoms with van der Waals surface area (Å²) in [7, 11) is 0. The number of halogens is 1. The monoisotopic (exact) mass is 332 g/mol. The second-order valence-corrected chi connectivity index (χ2v) is 5.72. The number of carbonyl (C=O) groups excluding carboxylic acids is 1. The fraction of sp³-hybridized carbons (Fsp3) is 0.364. The summed E-state index contributed by atoms with van der Waals surface area (Å²) in [6, 6.07) is 4.40. The van der Waals surface area contributed by atoms with Gasteiger partial charge in [0.2, 0.25) is 0 Å². The van der Waals surface area contributed by atoms with Crippen molar-refractivity contribution in [2.45, 2.75) is 12.2 Å². The molecule has 0 aliphatic rings. The smallest absolute Gasteiger partial charge is 0.284 e. The van der Waals surface area contributed by atoms with E-state index in [2.05, 4.69) is 21.2 Å². The molecule has 0 saturated carbocycles. The Labute approximate surface area is 118 Å². The molecule has 98 valence electrons. The topological polar surface area (TPSA) is 72.2 Å². The van der Waals surface area contributed by atoms with E-state index in [0.29, 0.717) is 11.8 Å². The number of nitrogens with one attached hydrogen (secondary N) is 1. The summed E-state index contributed by atoms with van der Waals surface area (Å²) in [5.41, 5.74) is 0.165. The zero-order chi connectivity index (χ0) is 13.7. The van der Waals surface area contributed by atoms with Gasteiger partial charge in [0.05, 0.1) is 10.5 Å². The summed E-state index contributed by atoms with van der Waals surface area (Å²) in [5.74, 6) is -0.313. The van der Waals surface area contributed by atoms with Crippen LogP contribution in [0.4, 0.5) is 5.69 Å². The number of rotatable bonds is 5. The van der Waals surface area contributed by atoms with E-state index in [1.54, 1.807) is 17.8 Å². The predicted octanol–water partition coefficient (Wildman–Crippen LogP) is 2.84. The number of carbonyl (C=O) groups is 1. The molecular formula is C11H13BrN2O3S. The van der Waals surface area contributed by atoms with E-state index in [9.17, 15) is 14.9 Å². The van der Waals surface area contributed by atoms with Gasteiger partial charge in [0.1, 0.15) is 4.47 Å². The summed E-state index contributed by atoms with van der Waals surface area (Å²) in [6.45, 7) is 2.52. The number of amides is 1. The van der Waals surface area contributed by atoms with Gasteiger partial charge in [-0.15, -0.1) is 0 Å². The summed E-state index contributed by atoms with van der Waals surface area (Å²) < 4.78 is 0.212. The molecule has 0 bridgehead atoms. The normalized spacial score (nSPS) is 11.9. The Kier molecular flexibility index (Phi) is 5.61. The van der Waals surface area contributed by atoms with E-state index in [1.807, 2.05) is 13.2 Å². The van der Waals surface area contributed by atoms with Crippen molar-refractivity contribution < 1.29 is 9.72 Å². The molecule has 1 atom stereocenters. The first-order chi connectivity index (χ1) is 8.47. The fourth-order valence-electron chi connectivity index (χ4n) is 1.25. The zero-order valence-corrected chi connectivity index (χ0v) is 12.4. The number of thioether (sulfide) groups is 1. The van der Waals surface area contributed by atoms with Crippen molar-refractivity contribution >= 4 is 39.3 Å². The van der Waals surface area contributed by atoms with Crippen LogP contribution in [0, 0.1) is 10.1 Å². The summed E-state index contributed by atoms with van der Waals surface area (Å²) in [5, 5.41) is 13.8. The molecule has 1 aromatic carbocycles. The summed E-state index contributed by atoms with van der Waals surface area (Å²) >= 11 is 4.74. The van der Waals surface area contributed by atoms with Gasteiger partial charge >= 0.3 is 0 Å². The minimum Gasteiger partial charge on any atom is -0.351 e. The van der Waals surface area contributed by atoms with Crippen molar-refractivity contribution in [3.8, 4) is 0 Å². The molecule has 1 unspecified atom stereocenters. The molecule has 0 aliphatic carbocycles. The van der Waals surface area contributed by atoms with Crippen LogP contribution < -0.4 is 5.32 Å². The van der Waals surface area contributed by atoms with E-state index in [-0.39, 0.29) is 21.6 Å². The van der Waals surface area contributed by atoms with Crippen molar-refractivity contribution in [1.29, 1.82) is 0 Å². The van der Waals surface area contributed by atoms with Gasteiger partial charge in [-0.05, 0) is 28.3 Å². The SMILES string of the molecule is CSC(C)CNC(=O)c1cccc([N+](=O)[O-])c1Br. The Morgan fingerprint density at radius 2 is 2.28 bits per heavy atom. The molecule has 0 aromatic heterocycles. The molecular weight excluding hydrogens is 320 g/mol. The Morgan fingerprint density at radius 3 is 2.83 bits per heavy atom. The molecule has 18 heavy (non-hydrogen) atoms. The molecule has 0 saturated heterocycles. The molecule has 7 heteroatoms. The highest BCUT2D eigenvalue weighted by Gasteiger charge is 2.19. The van der Waals surface area contributed by atoms with Crippen LogP contribution >= 0.6 is 27.7 Å². The van der Waals surface area contributed by atoms with Crippen molar-refractivity contribution in [3.63, 3.8) is 0 Å². The maximum atomic E-state index is 11.9. The van der Waals surface area contributed by atoms with Gasteiger partial charge in [0.15, 0.2) is 0 Å². The van der Waals surface area contributed by atoms with Gasteiger partial charge in [-0.1, -0.05) is 13.0 Å². The Bertz CT molecular complexity index is 468.